The fourth-order valence-electron chi connectivity index (χ4n) is 3.13. The number of morpholine rings is 1. The highest BCUT2D eigenvalue weighted by Gasteiger charge is 2.38. The van der Waals surface area contributed by atoms with E-state index in [0.717, 1.165) is 26.1 Å². The first-order valence-corrected chi connectivity index (χ1v) is 7.38. The number of carbonyl (C=O) groups is 1. The summed E-state index contributed by atoms with van der Waals surface area (Å²) >= 11 is 0. The maximum atomic E-state index is 12.5. The molecule has 0 radical (unpaired) electrons. The number of fused-ring (bicyclic) bond motifs is 1. The second-order valence-electron chi connectivity index (χ2n) is 5.38. The zero-order chi connectivity index (χ0) is 14.8. The number of hydrogen-bond acceptors (Lipinski definition) is 6. The molecule has 3 heterocycles. The summed E-state index contributed by atoms with van der Waals surface area (Å²) in [6, 6.07) is 1.80. The molecule has 0 aromatic carbocycles. The fourth-order valence-corrected chi connectivity index (χ4v) is 3.13. The Bertz CT molecular complexity index is 498. The molecule has 0 unspecified atom stereocenters. The van der Waals surface area contributed by atoms with Gasteiger partial charge in [0, 0.05) is 19.6 Å². The van der Waals surface area contributed by atoms with Crippen molar-refractivity contribution in [1.29, 1.82) is 0 Å². The highest BCUT2D eigenvalue weighted by Crippen LogP contribution is 2.24. The van der Waals surface area contributed by atoms with Crippen molar-refractivity contribution in [3.8, 4) is 5.88 Å². The first kappa shape index (κ1) is 14.3. The van der Waals surface area contributed by atoms with Gasteiger partial charge in [0.05, 0.1) is 31.9 Å². The molecular weight excluding hydrogens is 274 g/mol. The lowest BCUT2D eigenvalue weighted by atomic mass is 9.98. The molecule has 0 N–H and O–H groups in total. The molecule has 1 amide bonds. The molecule has 116 valence electrons. The number of piperidine rings is 1. The number of methoxy groups -OCH3 is 1. The van der Waals surface area contributed by atoms with E-state index in [-0.39, 0.29) is 23.8 Å². The third kappa shape index (κ3) is 2.75. The maximum absolute atomic E-state index is 12.5. The lowest BCUT2D eigenvalue weighted by Gasteiger charge is -2.46. The fraction of sp³-hybridized carbons (Fsp3) is 0.714. The average Bonchev–Trinajstić information content (AvgIpc) is 3.02. The average molecular weight is 295 g/mol. The van der Waals surface area contributed by atoms with Crippen molar-refractivity contribution in [2.75, 3.05) is 39.9 Å². The van der Waals surface area contributed by atoms with Gasteiger partial charge in [-0.15, -0.1) is 0 Å². The summed E-state index contributed by atoms with van der Waals surface area (Å²) < 4.78 is 15.8. The molecular formula is C14H21N3O4. The van der Waals surface area contributed by atoms with E-state index in [1.165, 1.54) is 13.2 Å². The zero-order valence-corrected chi connectivity index (χ0v) is 12.4. The van der Waals surface area contributed by atoms with Gasteiger partial charge in [0.15, 0.2) is 0 Å². The van der Waals surface area contributed by atoms with E-state index >= 15 is 0 Å². The number of likely N-dealkylation sites (N-methyl/N-ethyl adjacent to an activating group) is 1. The Morgan fingerprint density at radius 3 is 3.10 bits per heavy atom. The molecule has 1 aromatic rings. The van der Waals surface area contributed by atoms with Crippen molar-refractivity contribution in [2.45, 2.75) is 25.5 Å². The van der Waals surface area contributed by atoms with Crippen LogP contribution >= 0.6 is 0 Å². The van der Waals surface area contributed by atoms with Crippen LogP contribution in [0.15, 0.2) is 10.6 Å². The van der Waals surface area contributed by atoms with E-state index < -0.39 is 0 Å². The Balaban J connectivity index is 1.70. The number of ether oxygens (including phenoxy) is 2. The van der Waals surface area contributed by atoms with Crippen molar-refractivity contribution >= 4 is 5.91 Å². The molecule has 2 fully saturated rings. The number of hydrogen-bond donors (Lipinski definition) is 0. The standard InChI is InChI=1S/C14H21N3O4/c1-3-16-6-7-20-11-4-5-17(9-10(11)16)14(18)12-8-13(19-2)15-21-12/h8,10-11H,3-7,9H2,1-2H3/t10-,11-/m0/s1. The van der Waals surface area contributed by atoms with E-state index in [2.05, 4.69) is 17.0 Å². The van der Waals surface area contributed by atoms with Crippen molar-refractivity contribution < 1.29 is 18.8 Å². The second-order valence-corrected chi connectivity index (χ2v) is 5.38. The van der Waals surface area contributed by atoms with Crippen LogP contribution in [0.5, 0.6) is 5.88 Å². The Morgan fingerprint density at radius 1 is 1.52 bits per heavy atom. The van der Waals surface area contributed by atoms with Crippen molar-refractivity contribution in [3.63, 3.8) is 0 Å². The predicted octanol–water partition coefficient (Wildman–Crippen LogP) is 0.618. The normalized spacial score (nSPS) is 26.5. The van der Waals surface area contributed by atoms with Crippen molar-refractivity contribution in [2.24, 2.45) is 0 Å². The first-order chi connectivity index (χ1) is 10.2. The Labute approximate surface area is 123 Å². The lowest BCUT2D eigenvalue weighted by molar-refractivity contribution is -0.0964. The number of amides is 1. The molecule has 2 aliphatic heterocycles. The van der Waals surface area contributed by atoms with Gasteiger partial charge in [-0.2, -0.15) is 0 Å². The highest BCUT2D eigenvalue weighted by atomic mass is 16.5. The molecule has 2 saturated heterocycles. The van der Waals surface area contributed by atoms with Gasteiger partial charge in [-0.1, -0.05) is 6.92 Å². The molecule has 7 nitrogen and oxygen atoms in total. The van der Waals surface area contributed by atoms with Crippen LogP contribution in [0.2, 0.25) is 0 Å². The van der Waals surface area contributed by atoms with Gasteiger partial charge in [0.2, 0.25) is 5.76 Å². The molecule has 21 heavy (non-hydrogen) atoms. The predicted molar refractivity (Wildman–Crippen MR) is 74.4 cm³/mol. The molecule has 0 saturated carbocycles. The maximum Gasteiger partial charge on any atom is 0.292 e. The number of nitrogens with zero attached hydrogens (tertiary/aromatic N) is 3. The van der Waals surface area contributed by atoms with Crippen LogP contribution in [0, 0.1) is 0 Å². The minimum Gasteiger partial charge on any atom is -0.479 e. The van der Waals surface area contributed by atoms with Crippen molar-refractivity contribution in [3.05, 3.63) is 11.8 Å². The third-order valence-electron chi connectivity index (χ3n) is 4.30. The minimum atomic E-state index is -0.133. The van der Waals surface area contributed by atoms with Crippen LogP contribution in [-0.4, -0.2) is 72.9 Å². The summed E-state index contributed by atoms with van der Waals surface area (Å²) in [5.41, 5.74) is 0. The monoisotopic (exact) mass is 295 g/mol. The minimum absolute atomic E-state index is 0.133. The summed E-state index contributed by atoms with van der Waals surface area (Å²) in [6.45, 7) is 6.17. The lowest BCUT2D eigenvalue weighted by Crippen LogP contribution is -2.60. The van der Waals surface area contributed by atoms with Gasteiger partial charge < -0.3 is 18.9 Å². The van der Waals surface area contributed by atoms with Crippen LogP contribution in [0.25, 0.3) is 0 Å². The molecule has 7 heteroatoms. The molecule has 0 bridgehead atoms. The van der Waals surface area contributed by atoms with Crippen LogP contribution < -0.4 is 4.74 Å². The highest BCUT2D eigenvalue weighted by molar-refractivity contribution is 5.91. The van der Waals surface area contributed by atoms with Crippen LogP contribution in [-0.2, 0) is 4.74 Å². The second kappa shape index (κ2) is 6.03. The van der Waals surface area contributed by atoms with Gasteiger partial charge in [-0.3, -0.25) is 9.69 Å². The molecule has 2 aliphatic rings. The van der Waals surface area contributed by atoms with E-state index in [1.54, 1.807) is 0 Å². The van der Waals surface area contributed by atoms with E-state index in [0.29, 0.717) is 19.0 Å². The number of aromatic nitrogens is 1. The summed E-state index contributed by atoms with van der Waals surface area (Å²) in [6.07, 6.45) is 1.09. The van der Waals surface area contributed by atoms with E-state index in [1.807, 2.05) is 4.90 Å². The number of likely N-dealkylation sites (tertiary alicyclic amines) is 1. The number of carbonyl (C=O) groups excluding carboxylic acids is 1. The van der Waals surface area contributed by atoms with Gasteiger partial charge in [0.25, 0.3) is 11.8 Å². The van der Waals surface area contributed by atoms with Crippen LogP contribution in [0.4, 0.5) is 0 Å². The molecule has 2 atom stereocenters. The van der Waals surface area contributed by atoms with Gasteiger partial charge in [-0.05, 0) is 18.1 Å². The topological polar surface area (TPSA) is 68.0 Å². The largest absolute Gasteiger partial charge is 0.479 e. The Hall–Kier alpha value is -1.60. The third-order valence-corrected chi connectivity index (χ3v) is 4.30. The summed E-state index contributed by atoms with van der Waals surface area (Å²) in [4.78, 5) is 16.7. The van der Waals surface area contributed by atoms with Gasteiger partial charge >= 0.3 is 0 Å². The summed E-state index contributed by atoms with van der Waals surface area (Å²) in [5.74, 6) is 0.417. The molecule has 3 rings (SSSR count). The summed E-state index contributed by atoms with van der Waals surface area (Å²) in [5, 5.41) is 3.68. The van der Waals surface area contributed by atoms with Crippen molar-refractivity contribution in [1.82, 2.24) is 15.0 Å². The van der Waals surface area contributed by atoms with Gasteiger partial charge in [-0.25, -0.2) is 0 Å². The van der Waals surface area contributed by atoms with E-state index in [9.17, 15) is 4.79 Å². The van der Waals surface area contributed by atoms with Crippen LogP contribution in [0.1, 0.15) is 23.9 Å². The number of rotatable bonds is 3. The zero-order valence-electron chi connectivity index (χ0n) is 12.4. The molecule has 0 aliphatic carbocycles. The quantitative estimate of drug-likeness (QED) is 0.814. The Morgan fingerprint density at radius 2 is 2.38 bits per heavy atom. The van der Waals surface area contributed by atoms with E-state index in [4.69, 9.17) is 14.0 Å². The summed E-state index contributed by atoms with van der Waals surface area (Å²) in [7, 11) is 1.50. The SMILES string of the molecule is CCN1CCO[C@H]2CCN(C(=O)c3cc(OC)no3)C[C@@H]21. The first-order valence-electron chi connectivity index (χ1n) is 7.38. The molecule has 0 spiro atoms. The molecule has 1 aromatic heterocycles. The van der Waals surface area contributed by atoms with Crippen LogP contribution in [0.3, 0.4) is 0 Å². The smallest absolute Gasteiger partial charge is 0.292 e. The Kier molecular flexibility index (Phi) is 4.12. The van der Waals surface area contributed by atoms with Gasteiger partial charge in [0.1, 0.15) is 0 Å².